The van der Waals surface area contributed by atoms with Crippen LogP contribution in [0.25, 0.3) is 22.3 Å². The van der Waals surface area contributed by atoms with Crippen molar-refractivity contribution in [3.8, 4) is 34.4 Å². The molecule has 0 fully saturated rings. The monoisotopic (exact) mass is 507 g/mol. The summed E-state index contributed by atoms with van der Waals surface area (Å²) in [7, 11) is -3.46. The van der Waals surface area contributed by atoms with Crippen molar-refractivity contribution in [2.75, 3.05) is 5.75 Å². The number of hydrogen-bond donors (Lipinski definition) is 1. The highest BCUT2D eigenvalue weighted by Crippen LogP contribution is 2.39. The minimum Gasteiger partial charge on any atom is -0.456 e. The lowest BCUT2D eigenvalue weighted by Crippen LogP contribution is -2.05. The van der Waals surface area contributed by atoms with Crippen LogP contribution in [-0.4, -0.2) is 29.1 Å². The van der Waals surface area contributed by atoms with E-state index in [0.29, 0.717) is 22.3 Å². The van der Waals surface area contributed by atoms with Gasteiger partial charge in [0.2, 0.25) is 0 Å². The van der Waals surface area contributed by atoms with Crippen molar-refractivity contribution >= 4 is 20.7 Å². The van der Waals surface area contributed by atoms with Gasteiger partial charge in [-0.05, 0) is 48.5 Å². The number of aromatic nitrogens is 3. The van der Waals surface area contributed by atoms with Gasteiger partial charge in [0.25, 0.3) is 0 Å². The molecule has 10 heteroatoms. The zero-order chi connectivity index (χ0) is 25.3. The number of H-pyrrole nitrogens is 1. The average molecular weight is 508 g/mol. The Labute approximate surface area is 205 Å². The Bertz CT molecular complexity index is 1630. The van der Waals surface area contributed by atoms with Crippen molar-refractivity contribution in [2.24, 2.45) is 0 Å². The first-order chi connectivity index (χ1) is 17.3. The molecule has 0 bridgehead atoms. The summed E-state index contributed by atoms with van der Waals surface area (Å²) in [5, 5.41) is 0.579. The molecule has 182 valence electrons. The second-order valence-electron chi connectivity index (χ2n) is 7.77. The molecule has 0 aliphatic carbocycles. The number of fused-ring (bicyclic) bond motifs is 1. The maximum absolute atomic E-state index is 14.3. The van der Waals surface area contributed by atoms with E-state index in [9.17, 15) is 17.2 Å². The van der Waals surface area contributed by atoms with E-state index < -0.39 is 27.2 Å². The van der Waals surface area contributed by atoms with Crippen LogP contribution >= 0.6 is 0 Å². The summed E-state index contributed by atoms with van der Waals surface area (Å²) < 4.78 is 64.3. The van der Waals surface area contributed by atoms with Gasteiger partial charge >= 0.3 is 0 Å². The Kier molecular flexibility index (Phi) is 6.11. The lowest BCUT2D eigenvalue weighted by Gasteiger charge is -2.12. The maximum Gasteiger partial charge on any atom is 0.198 e. The van der Waals surface area contributed by atoms with Crippen LogP contribution in [0.5, 0.6) is 23.0 Å². The van der Waals surface area contributed by atoms with Gasteiger partial charge in [-0.2, -0.15) is 0 Å². The number of nitrogens with zero attached hydrogens (tertiary/aromatic N) is 2. The molecule has 7 nitrogen and oxygen atoms in total. The Morgan fingerprint density at radius 1 is 0.889 bits per heavy atom. The standard InChI is InChI=1S/C26H19F2N3O4S/c1-2-36(32,33)24-10-9-17(15-30-24)34-18-12-16-13-22(21-8-3-4-11-29-21)31-25(16)23(14-18)35-26-19(27)6-5-7-20(26)28/h3-15,31H,2H2,1H3. The lowest BCUT2D eigenvalue weighted by atomic mass is 10.2. The maximum atomic E-state index is 14.3. The van der Waals surface area contributed by atoms with Gasteiger partial charge in [0, 0.05) is 17.6 Å². The van der Waals surface area contributed by atoms with Crippen LogP contribution in [0.2, 0.25) is 0 Å². The van der Waals surface area contributed by atoms with Crippen LogP contribution in [0.3, 0.4) is 0 Å². The van der Waals surface area contributed by atoms with Crippen LogP contribution in [-0.2, 0) is 9.84 Å². The van der Waals surface area contributed by atoms with E-state index >= 15 is 0 Å². The SMILES string of the molecule is CCS(=O)(=O)c1ccc(Oc2cc(Oc3c(F)cccc3F)c3[nH]c(-c4ccccn4)cc3c2)cn1. The quantitative estimate of drug-likeness (QED) is 0.279. The second-order valence-corrected chi connectivity index (χ2v) is 10.00. The first kappa shape index (κ1) is 23.4. The number of nitrogens with one attached hydrogen (secondary N) is 1. The van der Waals surface area contributed by atoms with Crippen molar-refractivity contribution in [1.82, 2.24) is 15.0 Å². The molecule has 5 rings (SSSR count). The minimum atomic E-state index is -3.46. The van der Waals surface area contributed by atoms with Gasteiger partial charge in [-0.15, -0.1) is 0 Å². The van der Waals surface area contributed by atoms with Gasteiger partial charge in [0.1, 0.15) is 11.5 Å². The van der Waals surface area contributed by atoms with E-state index in [2.05, 4.69) is 15.0 Å². The highest BCUT2D eigenvalue weighted by atomic mass is 32.2. The topological polar surface area (TPSA) is 94.2 Å². The summed E-state index contributed by atoms with van der Waals surface area (Å²) in [6.45, 7) is 1.53. The summed E-state index contributed by atoms with van der Waals surface area (Å²) in [6, 6.07) is 16.7. The molecule has 1 N–H and O–H groups in total. The number of benzene rings is 2. The lowest BCUT2D eigenvalue weighted by molar-refractivity contribution is 0.406. The van der Waals surface area contributed by atoms with Crippen molar-refractivity contribution < 1.29 is 26.7 Å². The molecule has 3 aromatic heterocycles. The summed E-state index contributed by atoms with van der Waals surface area (Å²) in [5.74, 6) is -1.67. The molecule has 36 heavy (non-hydrogen) atoms. The molecule has 2 aromatic carbocycles. The van der Waals surface area contributed by atoms with Gasteiger partial charge < -0.3 is 14.5 Å². The fourth-order valence-electron chi connectivity index (χ4n) is 3.57. The molecule has 0 aliphatic rings. The predicted molar refractivity (Wildman–Crippen MR) is 130 cm³/mol. The van der Waals surface area contributed by atoms with Gasteiger partial charge in [0.05, 0.1) is 28.9 Å². The van der Waals surface area contributed by atoms with Crippen LogP contribution in [0.1, 0.15) is 6.92 Å². The summed E-state index contributed by atoms with van der Waals surface area (Å²) in [5.41, 5.74) is 1.81. The van der Waals surface area contributed by atoms with Crippen molar-refractivity contribution in [3.63, 3.8) is 0 Å². The fraction of sp³-hybridized carbons (Fsp3) is 0.0769. The largest absolute Gasteiger partial charge is 0.456 e. The van der Waals surface area contributed by atoms with Crippen molar-refractivity contribution in [3.05, 3.63) is 90.8 Å². The van der Waals surface area contributed by atoms with Crippen molar-refractivity contribution in [1.29, 1.82) is 0 Å². The summed E-state index contributed by atoms with van der Waals surface area (Å²) >= 11 is 0. The number of halogens is 2. The number of rotatable bonds is 7. The fourth-order valence-corrected chi connectivity index (χ4v) is 4.35. The molecule has 0 spiro atoms. The van der Waals surface area contributed by atoms with E-state index in [4.69, 9.17) is 9.47 Å². The van der Waals surface area contributed by atoms with Crippen LogP contribution in [0.4, 0.5) is 8.78 Å². The third-order valence-electron chi connectivity index (χ3n) is 5.38. The van der Waals surface area contributed by atoms with Crippen LogP contribution in [0, 0.1) is 11.6 Å². The smallest absolute Gasteiger partial charge is 0.198 e. The Hall–Kier alpha value is -4.31. The van der Waals surface area contributed by atoms with Gasteiger partial charge in [-0.1, -0.05) is 19.1 Å². The molecular formula is C26H19F2N3O4S. The minimum absolute atomic E-state index is 0.0579. The summed E-state index contributed by atoms with van der Waals surface area (Å²) in [6.07, 6.45) is 2.94. The van der Waals surface area contributed by atoms with Gasteiger partial charge in [-0.25, -0.2) is 22.2 Å². The molecule has 0 atom stereocenters. The van der Waals surface area contributed by atoms with E-state index in [0.717, 1.165) is 12.1 Å². The average Bonchev–Trinajstić information content (AvgIpc) is 3.32. The molecule has 0 unspecified atom stereocenters. The summed E-state index contributed by atoms with van der Waals surface area (Å²) in [4.78, 5) is 11.5. The predicted octanol–water partition coefficient (Wildman–Crippen LogP) is 6.28. The third kappa shape index (κ3) is 4.63. The van der Waals surface area contributed by atoms with Crippen LogP contribution in [0.15, 0.2) is 84.1 Å². The van der Waals surface area contributed by atoms with E-state index in [1.807, 2.05) is 18.2 Å². The highest BCUT2D eigenvalue weighted by Gasteiger charge is 2.18. The molecule has 3 heterocycles. The number of para-hydroxylation sites is 1. The normalized spacial score (nSPS) is 11.5. The molecule has 0 amide bonds. The van der Waals surface area contributed by atoms with Crippen molar-refractivity contribution in [2.45, 2.75) is 11.9 Å². The number of aromatic amines is 1. The number of pyridine rings is 2. The van der Waals surface area contributed by atoms with E-state index in [1.165, 1.54) is 37.4 Å². The first-order valence-electron chi connectivity index (χ1n) is 10.9. The zero-order valence-electron chi connectivity index (χ0n) is 18.9. The number of hydrogen-bond acceptors (Lipinski definition) is 6. The molecular weight excluding hydrogens is 488 g/mol. The molecule has 0 aliphatic heterocycles. The third-order valence-corrected chi connectivity index (χ3v) is 7.02. The zero-order valence-corrected chi connectivity index (χ0v) is 19.7. The Morgan fingerprint density at radius 2 is 1.69 bits per heavy atom. The number of sulfone groups is 1. The Morgan fingerprint density at radius 3 is 2.36 bits per heavy atom. The highest BCUT2D eigenvalue weighted by molar-refractivity contribution is 7.91. The number of ether oxygens (including phenoxy) is 2. The first-order valence-corrected chi connectivity index (χ1v) is 12.6. The van der Waals surface area contributed by atoms with Crippen LogP contribution < -0.4 is 9.47 Å². The van der Waals surface area contributed by atoms with E-state index in [-0.39, 0.29) is 28.0 Å². The molecule has 0 radical (unpaired) electrons. The Balaban J connectivity index is 1.57. The molecule has 5 aromatic rings. The van der Waals surface area contributed by atoms with Gasteiger partial charge in [0.15, 0.2) is 38.0 Å². The molecule has 0 saturated heterocycles. The molecule has 0 saturated carbocycles. The van der Waals surface area contributed by atoms with E-state index in [1.54, 1.807) is 18.3 Å². The van der Waals surface area contributed by atoms with Gasteiger partial charge in [-0.3, -0.25) is 4.98 Å². The second kappa shape index (κ2) is 9.38.